The van der Waals surface area contributed by atoms with Crippen molar-refractivity contribution >= 4 is 48.1 Å². The molecule has 2 saturated heterocycles. The number of carbonyl (C=O) groups excluding carboxylic acids is 6. The molecule has 0 radical (unpaired) electrons. The number of aliphatic imine (C=N–C) groups is 1. The zero-order valence-corrected chi connectivity index (χ0v) is 44.7. The number of ether oxygens (including phenoxy) is 2. The Labute approximate surface area is 467 Å². The second kappa shape index (κ2) is 31.0. The van der Waals surface area contributed by atoms with Crippen LogP contribution in [0.3, 0.4) is 0 Å². The molecule has 0 unspecified atom stereocenters. The molecule has 6 aromatic rings. The highest BCUT2D eigenvalue weighted by Crippen LogP contribution is 2.35. The molecule has 0 aromatic heterocycles. The van der Waals surface area contributed by atoms with E-state index in [0.29, 0.717) is 38.3 Å². The molecule has 414 valence electrons. The summed E-state index contributed by atoms with van der Waals surface area (Å²) in [5.41, 5.74) is 11.2. The number of rotatable bonds is 22. The van der Waals surface area contributed by atoms with Gasteiger partial charge in [0.15, 0.2) is 0 Å². The van der Waals surface area contributed by atoms with Gasteiger partial charge in [-0.05, 0) is 71.9 Å². The second-order valence-corrected chi connectivity index (χ2v) is 19.1. The molecule has 7 N–H and O–H groups in total. The Morgan fingerprint density at radius 1 is 0.537 bits per heavy atom. The van der Waals surface area contributed by atoms with Crippen molar-refractivity contribution in [2.45, 2.75) is 76.9 Å². The van der Waals surface area contributed by atoms with Crippen molar-refractivity contribution in [1.82, 2.24) is 36.4 Å². The molecule has 2 heterocycles. The first kappa shape index (κ1) is 58.2. The molecule has 0 aliphatic carbocycles. The van der Waals surface area contributed by atoms with E-state index in [0.717, 1.165) is 53.5 Å². The fraction of sp³-hybridized carbons (Fsp3) is 0.254. The molecule has 0 saturated carbocycles. The number of β-lactam (4-membered cyclic amide) rings is 2. The van der Waals surface area contributed by atoms with Gasteiger partial charge in [0.05, 0.1) is 29.7 Å². The number of likely N-dealkylation sites (tertiary alicyclic amines) is 2. The van der Waals surface area contributed by atoms with Gasteiger partial charge in [0.1, 0.15) is 13.2 Å². The number of carbonyl (C=O) groups is 6. The van der Waals surface area contributed by atoms with E-state index >= 15 is 0 Å². The van der Waals surface area contributed by atoms with E-state index in [-0.39, 0.29) is 55.5 Å². The van der Waals surface area contributed by atoms with Crippen molar-refractivity contribution in [3.05, 3.63) is 234 Å². The van der Waals surface area contributed by atoms with Gasteiger partial charge in [-0.25, -0.2) is 19.2 Å². The lowest BCUT2D eigenvalue weighted by molar-refractivity contribution is -0.151. The Morgan fingerprint density at radius 2 is 0.975 bits per heavy atom. The highest BCUT2D eigenvalue weighted by atomic mass is 16.6. The van der Waals surface area contributed by atoms with Gasteiger partial charge < -0.3 is 31.2 Å². The van der Waals surface area contributed by atoms with E-state index in [1.165, 1.54) is 15.4 Å². The number of benzene rings is 6. The van der Waals surface area contributed by atoms with Crippen LogP contribution in [0.5, 0.6) is 0 Å². The Bertz CT molecular complexity index is 2950. The number of guanidine groups is 1. The van der Waals surface area contributed by atoms with E-state index in [1.54, 1.807) is 0 Å². The summed E-state index contributed by atoms with van der Waals surface area (Å²) < 4.78 is 10.6. The van der Waals surface area contributed by atoms with Gasteiger partial charge in [0, 0.05) is 26.2 Å². The van der Waals surface area contributed by atoms with Gasteiger partial charge in [-0.1, -0.05) is 201 Å². The lowest BCUT2D eigenvalue weighted by Gasteiger charge is -2.46. The summed E-state index contributed by atoms with van der Waals surface area (Å²) in [5.74, 6) is -0.688. The Balaban J connectivity index is 0.000000262. The maximum Gasteiger partial charge on any atom is 0.414 e. The van der Waals surface area contributed by atoms with Crippen LogP contribution < -0.4 is 32.3 Å². The van der Waals surface area contributed by atoms with Crippen molar-refractivity contribution in [3.63, 3.8) is 0 Å². The van der Waals surface area contributed by atoms with Crippen LogP contribution in [0.4, 0.5) is 19.2 Å². The molecule has 8 amide bonds. The maximum absolute atomic E-state index is 13.3. The zero-order chi connectivity index (χ0) is 56.3. The number of alkyl carbamates (subject to hydrolysis) is 2. The summed E-state index contributed by atoms with van der Waals surface area (Å²) in [6.07, 6.45) is 6.10. The van der Waals surface area contributed by atoms with Crippen molar-refractivity contribution in [2.24, 2.45) is 22.6 Å². The van der Waals surface area contributed by atoms with Crippen molar-refractivity contribution in [1.29, 1.82) is 0 Å². The topological polar surface area (TPSA) is 226 Å². The van der Waals surface area contributed by atoms with Crippen molar-refractivity contribution in [2.75, 3.05) is 13.1 Å². The first-order valence-electron chi connectivity index (χ1n) is 26.8. The minimum absolute atomic E-state index is 0.0233. The van der Waals surface area contributed by atoms with Crippen LogP contribution in [0.25, 0.3) is 6.08 Å². The minimum Gasteiger partial charge on any atom is -0.444 e. The Morgan fingerprint density at radius 3 is 1.48 bits per heavy atom. The quantitative estimate of drug-likeness (QED) is 0.0163. The van der Waals surface area contributed by atoms with Crippen LogP contribution in [0, 0.1) is 11.8 Å². The lowest BCUT2D eigenvalue weighted by Crippen LogP contribution is -2.65. The summed E-state index contributed by atoms with van der Waals surface area (Å²) >= 11 is 0. The molecule has 4 atom stereocenters. The van der Waals surface area contributed by atoms with E-state index in [9.17, 15) is 28.8 Å². The number of urea groups is 2. The van der Waals surface area contributed by atoms with Crippen LogP contribution in [-0.4, -0.2) is 77.0 Å². The lowest BCUT2D eigenvalue weighted by atomic mass is 9.80. The minimum atomic E-state index is -0.812. The first-order chi connectivity index (χ1) is 39.0. The Hall–Kier alpha value is -9.51. The van der Waals surface area contributed by atoms with E-state index < -0.39 is 30.2 Å². The third-order valence-electron chi connectivity index (χ3n) is 13.3. The van der Waals surface area contributed by atoms with Crippen LogP contribution in [0.15, 0.2) is 205 Å². The largest absolute Gasteiger partial charge is 0.444 e. The number of imide groups is 2. The molecule has 8 rings (SSSR count). The maximum atomic E-state index is 13.3. The average molecular weight is 1080 g/mol. The predicted molar refractivity (Wildman–Crippen MR) is 307 cm³/mol. The van der Waals surface area contributed by atoms with Gasteiger partial charge in [0.25, 0.3) is 0 Å². The molecule has 0 spiro atoms. The second-order valence-electron chi connectivity index (χ2n) is 19.1. The normalized spacial score (nSPS) is 16.1. The molecular formula is C63H69N9O8. The van der Waals surface area contributed by atoms with Gasteiger partial charge >= 0.3 is 24.2 Å². The fourth-order valence-electron chi connectivity index (χ4n) is 9.17. The molecule has 17 nitrogen and oxygen atoms in total. The fourth-order valence-corrected chi connectivity index (χ4v) is 9.17. The van der Waals surface area contributed by atoms with Gasteiger partial charge in [-0.2, -0.15) is 0 Å². The van der Waals surface area contributed by atoms with Crippen LogP contribution in [-0.2, 0) is 51.8 Å². The number of amides is 8. The third kappa shape index (κ3) is 18.3. The predicted octanol–water partition coefficient (Wildman–Crippen LogP) is 9.58. The zero-order valence-electron chi connectivity index (χ0n) is 44.7. The highest BCUT2D eigenvalue weighted by Gasteiger charge is 2.50. The van der Waals surface area contributed by atoms with E-state index in [2.05, 4.69) is 50.3 Å². The number of aryl methyl sites for hydroxylation is 1. The molecule has 2 aliphatic rings. The number of hydrogen-bond acceptors (Lipinski definition) is 11. The van der Waals surface area contributed by atoms with Crippen LogP contribution in [0.2, 0.25) is 0 Å². The Kier molecular flexibility index (Phi) is 22.6. The van der Waals surface area contributed by atoms with Gasteiger partial charge in [-0.15, -0.1) is 0 Å². The smallest absolute Gasteiger partial charge is 0.414 e. The van der Waals surface area contributed by atoms with E-state index in [1.807, 2.05) is 182 Å². The molecule has 2 fully saturated rings. The molecular weight excluding hydrogens is 1010 g/mol. The molecule has 0 bridgehead atoms. The summed E-state index contributed by atoms with van der Waals surface area (Å²) in [6, 6.07) is 56.0. The molecule has 2 aliphatic heterocycles. The average Bonchev–Trinajstić information content (AvgIpc) is 3.61. The van der Waals surface area contributed by atoms with Crippen molar-refractivity contribution < 1.29 is 38.2 Å². The number of hydrogen-bond donors (Lipinski definition) is 6. The molecule has 17 heteroatoms. The monoisotopic (exact) mass is 1080 g/mol. The highest BCUT2D eigenvalue weighted by molar-refractivity contribution is 6.03. The number of nitrogens with zero attached hydrogens (tertiary/aromatic N) is 3. The third-order valence-corrected chi connectivity index (χ3v) is 13.3. The van der Waals surface area contributed by atoms with E-state index in [4.69, 9.17) is 15.2 Å². The van der Waals surface area contributed by atoms with Crippen LogP contribution >= 0.6 is 0 Å². The molecule has 80 heavy (non-hydrogen) atoms. The van der Waals surface area contributed by atoms with Gasteiger partial charge in [-0.3, -0.25) is 35.0 Å². The van der Waals surface area contributed by atoms with Crippen molar-refractivity contribution in [3.8, 4) is 0 Å². The SMILES string of the molecule is C=C(N)NCCC[C@H]1C(=O)N(C(=O)NCc2ccccc2)[C@@H]1CCc1ccccc1.O=C(NC(=NCCC[C@H]1C(=O)N(C(=O)NCc2ccccc2)[C@@H]1C=Cc1ccccc1)NC(=O)OCc1ccccc1)OCc1ccccc1. The van der Waals surface area contributed by atoms with Crippen LogP contribution in [0.1, 0.15) is 65.5 Å². The number of nitrogens with one attached hydrogen (secondary N) is 5. The summed E-state index contributed by atoms with van der Waals surface area (Å²) in [6.45, 7) is 5.19. The molecule has 6 aromatic carbocycles. The summed E-state index contributed by atoms with van der Waals surface area (Å²) in [5, 5.41) is 13.7. The summed E-state index contributed by atoms with van der Waals surface area (Å²) in [7, 11) is 0. The summed E-state index contributed by atoms with van der Waals surface area (Å²) in [4.78, 5) is 84.2. The van der Waals surface area contributed by atoms with Gasteiger partial charge in [0.2, 0.25) is 17.8 Å². The first-order valence-corrected chi connectivity index (χ1v) is 26.8. The number of nitrogens with two attached hydrogens (primary N) is 1. The standard InChI is InChI=1S/C39H39N5O6.C24H30N4O2/c45-35-33(34(24-23-29-14-5-1-6-15-29)44(35)37(46)41-26-30-16-7-2-8-17-30)22-13-25-40-36(42-38(47)49-27-31-18-9-3-10-19-31)43-39(48)50-28-32-20-11-4-12-21-32;1-18(25)26-16-8-13-21-22(15-14-19-9-4-2-5-10-19)28(23(21)29)24(30)27-17-20-11-6-3-7-12-20/h1-12,14-21,23-24,33-34H,13,22,25-28H2,(H,41,46)(H2,40,42,43,47,48);2-7,9-12,21-22,26H,1,8,13-17,25H2,(H,27,30)/t33-,34-;21-,22-/m11/s1.